The first-order valence-corrected chi connectivity index (χ1v) is 8.21. The van der Waals surface area contributed by atoms with E-state index in [-0.39, 0.29) is 0 Å². The first-order chi connectivity index (χ1) is 9.53. The van der Waals surface area contributed by atoms with Crippen LogP contribution in [0.15, 0.2) is 0 Å². The fraction of sp³-hybridized carbons (Fsp3) is 0.875. The minimum atomic E-state index is 0.336. The van der Waals surface area contributed by atoms with Gasteiger partial charge in [-0.1, -0.05) is 34.6 Å². The Hall–Kier alpha value is -0.900. The summed E-state index contributed by atoms with van der Waals surface area (Å²) in [7, 11) is 0. The zero-order valence-corrected chi connectivity index (χ0v) is 13.7. The Morgan fingerprint density at radius 2 is 2.00 bits per heavy atom. The summed E-state index contributed by atoms with van der Waals surface area (Å²) in [6.45, 7) is 12.4. The lowest BCUT2D eigenvalue weighted by Crippen LogP contribution is -2.43. The maximum Gasteiger partial charge on any atom is 0.150 e. The molecule has 2 unspecified atom stereocenters. The van der Waals surface area contributed by atoms with E-state index in [1.165, 1.54) is 19.3 Å². The van der Waals surface area contributed by atoms with Gasteiger partial charge in [-0.2, -0.15) is 5.10 Å². The molecule has 0 bridgehead atoms. The Morgan fingerprint density at radius 1 is 1.25 bits per heavy atom. The third-order valence-corrected chi connectivity index (χ3v) is 4.62. The second kappa shape index (κ2) is 6.25. The Balaban J connectivity index is 2.27. The van der Waals surface area contributed by atoms with E-state index in [9.17, 15) is 0 Å². The molecule has 4 heteroatoms. The lowest BCUT2D eigenvalue weighted by Gasteiger charge is -2.32. The highest BCUT2D eigenvalue weighted by molar-refractivity contribution is 5.03. The van der Waals surface area contributed by atoms with Crippen LogP contribution in [0.2, 0.25) is 0 Å². The van der Waals surface area contributed by atoms with Crippen molar-refractivity contribution < 1.29 is 0 Å². The van der Waals surface area contributed by atoms with Crippen LogP contribution in [0.25, 0.3) is 0 Å². The molecule has 0 amide bonds. The van der Waals surface area contributed by atoms with E-state index in [0.717, 1.165) is 31.0 Å². The van der Waals surface area contributed by atoms with Crippen LogP contribution in [-0.4, -0.2) is 27.4 Å². The van der Waals surface area contributed by atoms with Gasteiger partial charge in [0.05, 0.1) is 6.04 Å². The molecule has 2 rings (SSSR count). The van der Waals surface area contributed by atoms with Gasteiger partial charge in [0.25, 0.3) is 0 Å². The minimum Gasteiger partial charge on any atom is -0.311 e. The summed E-state index contributed by atoms with van der Waals surface area (Å²) < 4.78 is 2.22. The third-order valence-electron chi connectivity index (χ3n) is 4.62. The van der Waals surface area contributed by atoms with Crippen molar-refractivity contribution in [1.82, 2.24) is 20.1 Å². The maximum absolute atomic E-state index is 4.77. The Labute approximate surface area is 123 Å². The van der Waals surface area contributed by atoms with Crippen LogP contribution in [-0.2, 0) is 12.8 Å². The van der Waals surface area contributed by atoms with Gasteiger partial charge in [-0.05, 0) is 31.2 Å². The van der Waals surface area contributed by atoms with E-state index in [2.05, 4.69) is 49.6 Å². The largest absolute Gasteiger partial charge is 0.311 e. The average molecular weight is 278 g/mol. The standard InChI is InChI=1S/C16H30N4/c1-6-11-17-15-12(9-10-16(15,4)5)20-14(8-3)18-13(7-2)19-20/h12,15,17H,6-11H2,1-5H3. The number of rotatable bonds is 6. The second-order valence-corrected chi connectivity index (χ2v) is 6.62. The van der Waals surface area contributed by atoms with Gasteiger partial charge in [0.15, 0.2) is 5.82 Å². The number of hydrogen-bond donors (Lipinski definition) is 1. The van der Waals surface area contributed by atoms with E-state index in [0.29, 0.717) is 17.5 Å². The van der Waals surface area contributed by atoms with Crippen LogP contribution < -0.4 is 5.32 Å². The van der Waals surface area contributed by atoms with Gasteiger partial charge >= 0.3 is 0 Å². The van der Waals surface area contributed by atoms with E-state index in [1.807, 2.05) is 0 Å². The SMILES string of the molecule is CCCNC1C(n2nc(CC)nc2CC)CCC1(C)C. The lowest BCUT2D eigenvalue weighted by atomic mass is 9.86. The zero-order valence-electron chi connectivity index (χ0n) is 13.7. The van der Waals surface area contributed by atoms with E-state index >= 15 is 0 Å². The first kappa shape index (κ1) is 15.5. The highest BCUT2D eigenvalue weighted by Crippen LogP contribution is 2.44. The van der Waals surface area contributed by atoms with Crippen LogP contribution >= 0.6 is 0 Å². The van der Waals surface area contributed by atoms with Gasteiger partial charge in [-0.25, -0.2) is 9.67 Å². The van der Waals surface area contributed by atoms with Crippen LogP contribution in [0.3, 0.4) is 0 Å². The summed E-state index contributed by atoms with van der Waals surface area (Å²) >= 11 is 0. The lowest BCUT2D eigenvalue weighted by molar-refractivity contribution is 0.239. The average Bonchev–Trinajstić information content (AvgIpc) is 2.96. The summed E-state index contributed by atoms with van der Waals surface area (Å²) in [6, 6.07) is 0.957. The molecule has 1 aromatic heterocycles. The van der Waals surface area contributed by atoms with Crippen molar-refractivity contribution in [3.8, 4) is 0 Å². The van der Waals surface area contributed by atoms with E-state index < -0.39 is 0 Å². The monoisotopic (exact) mass is 278 g/mol. The highest BCUT2D eigenvalue weighted by Gasteiger charge is 2.43. The Bertz CT molecular complexity index is 436. The zero-order chi connectivity index (χ0) is 14.8. The molecule has 1 aliphatic carbocycles. The van der Waals surface area contributed by atoms with Crippen LogP contribution in [0, 0.1) is 5.41 Å². The first-order valence-electron chi connectivity index (χ1n) is 8.21. The molecule has 1 fully saturated rings. The van der Waals surface area contributed by atoms with Crippen molar-refractivity contribution >= 4 is 0 Å². The molecule has 114 valence electrons. The van der Waals surface area contributed by atoms with Gasteiger partial charge in [0.2, 0.25) is 0 Å². The molecule has 1 saturated carbocycles. The van der Waals surface area contributed by atoms with Gasteiger partial charge in [-0.15, -0.1) is 0 Å². The predicted octanol–water partition coefficient (Wildman–Crippen LogP) is 3.13. The summed E-state index contributed by atoms with van der Waals surface area (Å²) in [5, 5.41) is 8.53. The molecule has 0 aliphatic heterocycles. The van der Waals surface area contributed by atoms with Crippen molar-refractivity contribution in [3.05, 3.63) is 11.6 Å². The molecule has 1 aromatic rings. The second-order valence-electron chi connectivity index (χ2n) is 6.62. The fourth-order valence-corrected chi connectivity index (χ4v) is 3.40. The minimum absolute atomic E-state index is 0.336. The molecule has 20 heavy (non-hydrogen) atoms. The van der Waals surface area contributed by atoms with Gasteiger partial charge < -0.3 is 5.32 Å². The van der Waals surface area contributed by atoms with Crippen molar-refractivity contribution in [1.29, 1.82) is 0 Å². The molecule has 1 heterocycles. The van der Waals surface area contributed by atoms with Crippen molar-refractivity contribution in [2.45, 2.75) is 78.8 Å². The van der Waals surface area contributed by atoms with Gasteiger partial charge in [0, 0.05) is 18.9 Å². The van der Waals surface area contributed by atoms with Crippen molar-refractivity contribution in [2.24, 2.45) is 5.41 Å². The molecule has 0 aromatic carbocycles. The molecule has 0 saturated heterocycles. The third kappa shape index (κ3) is 2.90. The Kier molecular flexibility index (Phi) is 4.84. The molecular weight excluding hydrogens is 248 g/mol. The summed E-state index contributed by atoms with van der Waals surface area (Å²) in [6.07, 6.45) is 5.52. The number of hydrogen-bond acceptors (Lipinski definition) is 3. The van der Waals surface area contributed by atoms with Crippen LogP contribution in [0.1, 0.15) is 71.6 Å². The number of aromatic nitrogens is 3. The summed E-state index contributed by atoms with van der Waals surface area (Å²) in [5.74, 6) is 2.13. The van der Waals surface area contributed by atoms with Crippen molar-refractivity contribution in [2.75, 3.05) is 6.54 Å². The maximum atomic E-state index is 4.77. The van der Waals surface area contributed by atoms with Crippen LogP contribution in [0.5, 0.6) is 0 Å². The Morgan fingerprint density at radius 3 is 2.60 bits per heavy atom. The fourth-order valence-electron chi connectivity index (χ4n) is 3.40. The molecule has 1 N–H and O–H groups in total. The number of nitrogens with one attached hydrogen (secondary N) is 1. The van der Waals surface area contributed by atoms with Crippen molar-refractivity contribution in [3.63, 3.8) is 0 Å². The van der Waals surface area contributed by atoms with Gasteiger partial charge in [0.1, 0.15) is 5.82 Å². The van der Waals surface area contributed by atoms with E-state index in [4.69, 9.17) is 5.10 Å². The topological polar surface area (TPSA) is 42.7 Å². The van der Waals surface area contributed by atoms with Crippen LogP contribution in [0.4, 0.5) is 0 Å². The molecule has 0 spiro atoms. The molecule has 2 atom stereocenters. The van der Waals surface area contributed by atoms with Gasteiger partial charge in [-0.3, -0.25) is 0 Å². The summed E-state index contributed by atoms with van der Waals surface area (Å²) in [5.41, 5.74) is 0.336. The molecular formula is C16H30N4. The quantitative estimate of drug-likeness (QED) is 0.869. The molecule has 0 radical (unpaired) electrons. The highest BCUT2D eigenvalue weighted by atomic mass is 15.4. The van der Waals surface area contributed by atoms with E-state index in [1.54, 1.807) is 0 Å². The normalized spacial score (nSPS) is 25.2. The summed E-state index contributed by atoms with van der Waals surface area (Å²) in [4.78, 5) is 4.68. The smallest absolute Gasteiger partial charge is 0.150 e. The molecule has 4 nitrogen and oxygen atoms in total. The predicted molar refractivity (Wildman–Crippen MR) is 82.9 cm³/mol. The molecule has 1 aliphatic rings. The number of aryl methyl sites for hydroxylation is 2. The number of nitrogens with zero attached hydrogens (tertiary/aromatic N) is 3.